The van der Waals surface area contributed by atoms with Crippen molar-refractivity contribution < 1.29 is 14.4 Å². The number of hydrogen-bond acceptors (Lipinski definition) is 6. The second kappa shape index (κ2) is 8.61. The van der Waals surface area contributed by atoms with Gasteiger partial charge in [-0.15, -0.1) is 0 Å². The zero-order valence-corrected chi connectivity index (χ0v) is 14.3. The number of anilines is 1. The van der Waals surface area contributed by atoms with Crippen LogP contribution in [0.3, 0.4) is 0 Å². The van der Waals surface area contributed by atoms with Crippen LogP contribution in [0.2, 0.25) is 0 Å². The van der Waals surface area contributed by atoms with Gasteiger partial charge in [0.2, 0.25) is 11.9 Å². The van der Waals surface area contributed by atoms with Crippen LogP contribution in [0.15, 0.2) is 18.5 Å². The van der Waals surface area contributed by atoms with Crippen molar-refractivity contribution in [1.82, 2.24) is 25.2 Å². The predicted molar refractivity (Wildman–Crippen MR) is 90.7 cm³/mol. The first kappa shape index (κ1) is 17.4. The van der Waals surface area contributed by atoms with E-state index in [2.05, 4.69) is 20.2 Å². The van der Waals surface area contributed by atoms with Crippen LogP contribution < -0.4 is 10.2 Å². The fourth-order valence-electron chi connectivity index (χ4n) is 2.89. The lowest BCUT2D eigenvalue weighted by Crippen LogP contribution is -2.50. The van der Waals surface area contributed by atoms with Crippen molar-refractivity contribution in [2.45, 2.75) is 19.3 Å². The van der Waals surface area contributed by atoms with E-state index in [-0.39, 0.29) is 11.9 Å². The molecule has 1 aromatic rings. The van der Waals surface area contributed by atoms with Gasteiger partial charge in [-0.3, -0.25) is 9.63 Å². The Hall–Kier alpha value is -2.42. The third-order valence-electron chi connectivity index (χ3n) is 4.31. The zero-order valence-electron chi connectivity index (χ0n) is 14.3. The van der Waals surface area contributed by atoms with Crippen LogP contribution in [0, 0.1) is 0 Å². The highest BCUT2D eigenvalue weighted by molar-refractivity contribution is 5.78. The maximum Gasteiger partial charge on any atom is 0.341 e. The first-order valence-corrected chi connectivity index (χ1v) is 8.72. The van der Waals surface area contributed by atoms with Crippen molar-refractivity contribution in [1.29, 1.82) is 0 Å². The van der Waals surface area contributed by atoms with Gasteiger partial charge in [-0.2, -0.15) is 0 Å². The molecule has 0 unspecified atom stereocenters. The summed E-state index contributed by atoms with van der Waals surface area (Å²) in [5, 5.41) is 4.08. The van der Waals surface area contributed by atoms with Crippen LogP contribution in [0.1, 0.15) is 19.3 Å². The summed E-state index contributed by atoms with van der Waals surface area (Å²) in [6, 6.07) is 1.52. The summed E-state index contributed by atoms with van der Waals surface area (Å²) in [4.78, 5) is 41.8. The number of urea groups is 1. The summed E-state index contributed by atoms with van der Waals surface area (Å²) < 4.78 is 0. The van der Waals surface area contributed by atoms with Crippen LogP contribution >= 0.6 is 0 Å². The summed E-state index contributed by atoms with van der Waals surface area (Å²) in [5.74, 6) is 0.747. The Morgan fingerprint density at radius 3 is 2.52 bits per heavy atom. The van der Waals surface area contributed by atoms with Crippen molar-refractivity contribution >= 4 is 17.9 Å². The van der Waals surface area contributed by atoms with Gasteiger partial charge < -0.3 is 15.1 Å². The molecule has 3 rings (SSSR count). The van der Waals surface area contributed by atoms with Crippen molar-refractivity contribution in [3.63, 3.8) is 0 Å². The summed E-state index contributed by atoms with van der Waals surface area (Å²) in [6.07, 6.45) is 5.65. The molecule has 2 aliphatic rings. The van der Waals surface area contributed by atoms with E-state index in [1.807, 2.05) is 4.90 Å². The molecule has 2 fully saturated rings. The molecular weight excluding hydrogens is 324 g/mol. The van der Waals surface area contributed by atoms with Crippen LogP contribution in [-0.2, 0) is 9.63 Å². The van der Waals surface area contributed by atoms with E-state index < -0.39 is 0 Å². The molecule has 3 amide bonds. The van der Waals surface area contributed by atoms with E-state index in [9.17, 15) is 9.59 Å². The number of hydrogen-bond donors (Lipinski definition) is 1. The Bertz CT molecular complexity index is 570. The molecule has 0 radical (unpaired) electrons. The minimum atomic E-state index is -0.265. The standard InChI is InChI=1S/C16H24N6O3/c23-14(4-7-19-16(24)22-8-1-2-13-25-22)20-9-11-21(12-10-20)15-17-5-3-6-18-15/h3,5-6H,1-2,4,7-13H2,(H,19,24). The predicted octanol–water partition coefficient (Wildman–Crippen LogP) is 0.252. The maximum atomic E-state index is 12.3. The molecule has 0 atom stereocenters. The van der Waals surface area contributed by atoms with E-state index in [1.165, 1.54) is 5.06 Å². The first-order chi connectivity index (χ1) is 12.2. The topological polar surface area (TPSA) is 90.9 Å². The smallest absolute Gasteiger partial charge is 0.339 e. The normalized spacial score (nSPS) is 18.2. The molecule has 0 spiro atoms. The molecule has 0 saturated carbocycles. The average molecular weight is 348 g/mol. The number of piperazine rings is 1. The molecule has 9 heteroatoms. The first-order valence-electron chi connectivity index (χ1n) is 8.72. The van der Waals surface area contributed by atoms with Gasteiger partial charge >= 0.3 is 6.03 Å². The van der Waals surface area contributed by atoms with Crippen LogP contribution in [0.25, 0.3) is 0 Å². The van der Waals surface area contributed by atoms with Gasteiger partial charge in [0.25, 0.3) is 0 Å². The molecule has 25 heavy (non-hydrogen) atoms. The summed E-state index contributed by atoms with van der Waals surface area (Å²) in [6.45, 7) is 4.19. The molecule has 0 aromatic carbocycles. The van der Waals surface area contributed by atoms with Gasteiger partial charge in [-0.05, 0) is 18.9 Å². The van der Waals surface area contributed by atoms with Crippen molar-refractivity contribution in [3.05, 3.63) is 18.5 Å². The lowest BCUT2D eigenvalue weighted by molar-refractivity contribution is -0.139. The minimum Gasteiger partial charge on any atom is -0.339 e. The minimum absolute atomic E-state index is 0.0495. The highest BCUT2D eigenvalue weighted by Crippen LogP contribution is 2.10. The average Bonchev–Trinajstić information content (AvgIpc) is 2.69. The number of carbonyl (C=O) groups is 2. The molecule has 1 aromatic heterocycles. The number of hydroxylamine groups is 2. The van der Waals surface area contributed by atoms with E-state index in [0.717, 1.165) is 12.8 Å². The number of amides is 3. The fourth-order valence-corrected chi connectivity index (χ4v) is 2.89. The summed E-state index contributed by atoms with van der Waals surface area (Å²) >= 11 is 0. The second-order valence-electron chi connectivity index (χ2n) is 6.04. The third-order valence-corrected chi connectivity index (χ3v) is 4.31. The van der Waals surface area contributed by atoms with Gasteiger partial charge in [0.1, 0.15) is 0 Å². The molecule has 136 valence electrons. The number of rotatable bonds is 4. The van der Waals surface area contributed by atoms with Gasteiger partial charge in [0.05, 0.1) is 13.2 Å². The third kappa shape index (κ3) is 4.79. The monoisotopic (exact) mass is 348 g/mol. The molecule has 0 aliphatic carbocycles. The largest absolute Gasteiger partial charge is 0.341 e. The quantitative estimate of drug-likeness (QED) is 0.839. The number of nitrogens with one attached hydrogen (secondary N) is 1. The molecule has 2 saturated heterocycles. The Kier molecular flexibility index (Phi) is 5.99. The molecule has 0 bridgehead atoms. The molecule has 3 heterocycles. The Balaban J connectivity index is 1.36. The Labute approximate surface area is 146 Å². The van der Waals surface area contributed by atoms with Crippen LogP contribution in [0.4, 0.5) is 10.7 Å². The number of carbonyl (C=O) groups excluding carboxylic acids is 2. The van der Waals surface area contributed by atoms with Crippen LogP contribution in [0.5, 0.6) is 0 Å². The van der Waals surface area contributed by atoms with E-state index in [1.54, 1.807) is 18.5 Å². The van der Waals surface area contributed by atoms with E-state index >= 15 is 0 Å². The molecule has 9 nitrogen and oxygen atoms in total. The van der Waals surface area contributed by atoms with Gasteiger partial charge in [0, 0.05) is 51.5 Å². The van der Waals surface area contributed by atoms with E-state index in [0.29, 0.717) is 58.2 Å². The fraction of sp³-hybridized carbons (Fsp3) is 0.625. The van der Waals surface area contributed by atoms with Crippen molar-refractivity contribution in [2.75, 3.05) is 50.8 Å². The van der Waals surface area contributed by atoms with Gasteiger partial charge in [-0.25, -0.2) is 19.8 Å². The molecular formula is C16H24N6O3. The van der Waals surface area contributed by atoms with E-state index in [4.69, 9.17) is 4.84 Å². The highest BCUT2D eigenvalue weighted by Gasteiger charge is 2.23. The molecule has 2 aliphatic heterocycles. The second-order valence-corrected chi connectivity index (χ2v) is 6.04. The lowest BCUT2D eigenvalue weighted by atomic mass is 10.3. The highest BCUT2D eigenvalue weighted by atomic mass is 16.7. The zero-order chi connectivity index (χ0) is 17.5. The Morgan fingerprint density at radius 2 is 1.84 bits per heavy atom. The van der Waals surface area contributed by atoms with Crippen LogP contribution in [-0.4, -0.2) is 77.7 Å². The Morgan fingerprint density at radius 1 is 1.08 bits per heavy atom. The number of nitrogens with zero attached hydrogens (tertiary/aromatic N) is 5. The van der Waals surface area contributed by atoms with Gasteiger partial charge in [-0.1, -0.05) is 0 Å². The molecule has 1 N–H and O–H groups in total. The summed E-state index contributed by atoms with van der Waals surface area (Å²) in [5.41, 5.74) is 0. The van der Waals surface area contributed by atoms with Gasteiger partial charge in [0.15, 0.2) is 0 Å². The van der Waals surface area contributed by atoms with Crippen molar-refractivity contribution in [2.24, 2.45) is 0 Å². The maximum absolute atomic E-state index is 12.3. The lowest BCUT2D eigenvalue weighted by Gasteiger charge is -2.34. The SMILES string of the molecule is O=C(CCNC(=O)N1CCCCO1)N1CCN(c2ncccn2)CC1. The number of aromatic nitrogens is 2. The van der Waals surface area contributed by atoms with Crippen molar-refractivity contribution in [3.8, 4) is 0 Å². The summed E-state index contributed by atoms with van der Waals surface area (Å²) in [7, 11) is 0.